The Morgan fingerprint density at radius 2 is 1.92 bits per heavy atom. The summed E-state index contributed by atoms with van der Waals surface area (Å²) in [5, 5.41) is 2.81. The van der Waals surface area contributed by atoms with Crippen molar-refractivity contribution >= 4 is 35.0 Å². The Labute approximate surface area is 152 Å². The SMILES string of the molecule is CCC(=O)Nc1cccc(C2SCC(=O)N2c2cc(C)cc(C)c2)c1. The molecule has 3 rings (SSSR count). The van der Waals surface area contributed by atoms with E-state index in [0.717, 1.165) is 28.1 Å². The first kappa shape index (κ1) is 17.5. The molecule has 4 nitrogen and oxygen atoms in total. The van der Waals surface area contributed by atoms with Crippen LogP contribution in [0.4, 0.5) is 11.4 Å². The molecule has 0 aromatic heterocycles. The summed E-state index contributed by atoms with van der Waals surface area (Å²) in [6.07, 6.45) is 0.440. The normalized spacial score (nSPS) is 17.0. The largest absolute Gasteiger partial charge is 0.326 e. The molecule has 0 radical (unpaired) electrons. The van der Waals surface area contributed by atoms with E-state index in [4.69, 9.17) is 0 Å². The van der Waals surface area contributed by atoms with Gasteiger partial charge in [0.05, 0.1) is 5.75 Å². The van der Waals surface area contributed by atoms with Gasteiger partial charge in [0.25, 0.3) is 0 Å². The molecule has 1 aliphatic rings. The van der Waals surface area contributed by atoms with Crippen molar-refractivity contribution < 1.29 is 9.59 Å². The molecule has 0 saturated carbocycles. The molecule has 1 unspecified atom stereocenters. The molecule has 0 spiro atoms. The number of anilines is 2. The maximum atomic E-state index is 12.5. The van der Waals surface area contributed by atoms with Gasteiger partial charge < -0.3 is 5.32 Å². The second-order valence-electron chi connectivity index (χ2n) is 6.30. The molecule has 5 heteroatoms. The molecule has 130 valence electrons. The fraction of sp³-hybridized carbons (Fsp3) is 0.300. The number of amides is 2. The summed E-state index contributed by atoms with van der Waals surface area (Å²) in [5.74, 6) is 0.560. The number of thioether (sulfide) groups is 1. The van der Waals surface area contributed by atoms with Crippen LogP contribution in [0.1, 0.15) is 35.4 Å². The molecule has 2 aromatic carbocycles. The van der Waals surface area contributed by atoms with E-state index in [0.29, 0.717) is 12.2 Å². The zero-order chi connectivity index (χ0) is 18.0. The fourth-order valence-electron chi connectivity index (χ4n) is 3.06. The van der Waals surface area contributed by atoms with Crippen molar-refractivity contribution in [3.63, 3.8) is 0 Å². The number of hydrogen-bond donors (Lipinski definition) is 1. The lowest BCUT2D eigenvalue weighted by Gasteiger charge is -2.25. The van der Waals surface area contributed by atoms with E-state index >= 15 is 0 Å². The van der Waals surface area contributed by atoms with Crippen molar-refractivity contribution in [3.05, 3.63) is 59.2 Å². The quantitative estimate of drug-likeness (QED) is 0.883. The summed E-state index contributed by atoms with van der Waals surface area (Å²) in [4.78, 5) is 26.0. The highest BCUT2D eigenvalue weighted by atomic mass is 32.2. The van der Waals surface area contributed by atoms with Crippen LogP contribution in [0.5, 0.6) is 0 Å². The van der Waals surface area contributed by atoms with Gasteiger partial charge in [0.15, 0.2) is 0 Å². The number of nitrogens with one attached hydrogen (secondary N) is 1. The molecule has 2 amide bonds. The molecule has 1 fully saturated rings. The molecular weight excluding hydrogens is 332 g/mol. The standard InChI is InChI=1S/C20H22N2O2S/c1-4-18(23)21-16-7-5-6-15(11-16)20-22(19(24)12-25-20)17-9-13(2)8-14(3)10-17/h5-11,20H,4,12H2,1-3H3,(H,21,23). The lowest BCUT2D eigenvalue weighted by Crippen LogP contribution is -2.28. The monoisotopic (exact) mass is 354 g/mol. The summed E-state index contributed by atoms with van der Waals surface area (Å²) >= 11 is 1.62. The van der Waals surface area contributed by atoms with Crippen LogP contribution in [0.15, 0.2) is 42.5 Å². The Hall–Kier alpha value is -2.27. The van der Waals surface area contributed by atoms with Gasteiger partial charge in [0.2, 0.25) is 11.8 Å². The average molecular weight is 354 g/mol. The first-order valence-electron chi connectivity index (χ1n) is 8.39. The number of rotatable bonds is 4. The summed E-state index contributed by atoms with van der Waals surface area (Å²) in [5.41, 5.74) is 5.00. The zero-order valence-corrected chi connectivity index (χ0v) is 15.5. The zero-order valence-electron chi connectivity index (χ0n) is 14.7. The van der Waals surface area contributed by atoms with Gasteiger partial charge in [-0.2, -0.15) is 0 Å². The molecule has 1 atom stereocenters. The number of benzene rings is 2. The molecule has 25 heavy (non-hydrogen) atoms. The van der Waals surface area contributed by atoms with Crippen LogP contribution in [0, 0.1) is 13.8 Å². The Kier molecular flexibility index (Phi) is 5.13. The smallest absolute Gasteiger partial charge is 0.238 e. The first-order valence-corrected chi connectivity index (χ1v) is 9.44. The number of aryl methyl sites for hydroxylation is 2. The van der Waals surface area contributed by atoms with Crippen LogP contribution in [0.3, 0.4) is 0 Å². The van der Waals surface area contributed by atoms with Crippen molar-refractivity contribution in [1.82, 2.24) is 0 Å². The highest BCUT2D eigenvalue weighted by Gasteiger charge is 2.34. The van der Waals surface area contributed by atoms with Gasteiger partial charge in [-0.3, -0.25) is 14.5 Å². The second-order valence-corrected chi connectivity index (χ2v) is 7.37. The van der Waals surface area contributed by atoms with Crippen LogP contribution in [-0.4, -0.2) is 17.6 Å². The third kappa shape index (κ3) is 3.87. The van der Waals surface area contributed by atoms with Gasteiger partial charge in [-0.1, -0.05) is 25.1 Å². The molecule has 1 aliphatic heterocycles. The summed E-state index contributed by atoms with van der Waals surface area (Å²) in [7, 11) is 0. The maximum absolute atomic E-state index is 12.5. The van der Waals surface area contributed by atoms with Crippen molar-refractivity contribution in [1.29, 1.82) is 0 Å². The van der Waals surface area contributed by atoms with Crippen molar-refractivity contribution in [2.45, 2.75) is 32.6 Å². The maximum Gasteiger partial charge on any atom is 0.238 e. The minimum Gasteiger partial charge on any atom is -0.326 e. The Morgan fingerprint density at radius 1 is 1.20 bits per heavy atom. The van der Waals surface area contributed by atoms with E-state index in [1.54, 1.807) is 11.8 Å². The summed E-state index contributed by atoms with van der Waals surface area (Å²) < 4.78 is 0. The van der Waals surface area contributed by atoms with E-state index in [1.807, 2.05) is 62.1 Å². The molecule has 0 aliphatic carbocycles. The molecular formula is C20H22N2O2S. The lowest BCUT2D eigenvalue weighted by molar-refractivity contribution is -0.116. The number of carbonyl (C=O) groups is 2. The highest BCUT2D eigenvalue weighted by Crippen LogP contribution is 2.42. The van der Waals surface area contributed by atoms with Gasteiger partial charge in [0.1, 0.15) is 5.37 Å². The first-order chi connectivity index (χ1) is 12.0. The highest BCUT2D eigenvalue weighted by molar-refractivity contribution is 8.00. The van der Waals surface area contributed by atoms with Crippen LogP contribution in [0.25, 0.3) is 0 Å². The van der Waals surface area contributed by atoms with Crippen LogP contribution < -0.4 is 10.2 Å². The van der Waals surface area contributed by atoms with Crippen LogP contribution >= 0.6 is 11.8 Å². The molecule has 1 heterocycles. The van der Waals surface area contributed by atoms with E-state index in [-0.39, 0.29) is 17.2 Å². The van der Waals surface area contributed by atoms with Crippen molar-refractivity contribution in [3.8, 4) is 0 Å². The van der Waals surface area contributed by atoms with Crippen LogP contribution in [0.2, 0.25) is 0 Å². The minimum absolute atomic E-state index is 0.0153. The Balaban J connectivity index is 1.94. The number of carbonyl (C=O) groups excluding carboxylic acids is 2. The predicted octanol–water partition coefficient (Wildman–Crippen LogP) is 4.43. The number of nitrogens with zero attached hydrogens (tertiary/aromatic N) is 1. The van der Waals surface area contributed by atoms with Crippen molar-refractivity contribution in [2.24, 2.45) is 0 Å². The minimum atomic E-state index is -0.0767. The van der Waals surface area contributed by atoms with E-state index in [1.165, 1.54) is 0 Å². The van der Waals surface area contributed by atoms with Gasteiger partial charge in [-0.15, -0.1) is 11.8 Å². The van der Waals surface area contributed by atoms with Gasteiger partial charge >= 0.3 is 0 Å². The van der Waals surface area contributed by atoms with Crippen LogP contribution in [-0.2, 0) is 9.59 Å². The predicted molar refractivity (Wildman–Crippen MR) is 104 cm³/mol. The molecule has 1 N–H and O–H groups in total. The molecule has 1 saturated heterocycles. The van der Waals surface area contributed by atoms with Gasteiger partial charge in [-0.25, -0.2) is 0 Å². The van der Waals surface area contributed by atoms with E-state index in [9.17, 15) is 9.59 Å². The molecule has 0 bridgehead atoms. The van der Waals surface area contributed by atoms with E-state index < -0.39 is 0 Å². The second kappa shape index (κ2) is 7.31. The summed E-state index contributed by atoms with van der Waals surface area (Å²) in [6.45, 7) is 5.91. The fourth-order valence-corrected chi connectivity index (χ4v) is 4.23. The summed E-state index contributed by atoms with van der Waals surface area (Å²) in [6, 6.07) is 14.0. The Bertz CT molecular complexity index is 799. The van der Waals surface area contributed by atoms with Gasteiger partial charge in [-0.05, 0) is 54.8 Å². The topological polar surface area (TPSA) is 49.4 Å². The Morgan fingerprint density at radius 3 is 2.60 bits per heavy atom. The van der Waals surface area contributed by atoms with Gasteiger partial charge in [0, 0.05) is 17.8 Å². The molecule has 2 aromatic rings. The van der Waals surface area contributed by atoms with E-state index in [2.05, 4.69) is 11.4 Å². The van der Waals surface area contributed by atoms with Crippen molar-refractivity contribution in [2.75, 3.05) is 16.0 Å². The third-order valence-electron chi connectivity index (χ3n) is 4.13. The average Bonchev–Trinajstić information content (AvgIpc) is 2.95. The lowest BCUT2D eigenvalue weighted by atomic mass is 10.1. The number of hydrogen-bond acceptors (Lipinski definition) is 3. The third-order valence-corrected chi connectivity index (χ3v) is 5.34.